The van der Waals surface area contributed by atoms with Crippen LogP contribution in [0.3, 0.4) is 0 Å². The van der Waals surface area contributed by atoms with Crippen LogP contribution in [0.25, 0.3) is 0 Å². The van der Waals surface area contributed by atoms with Crippen LogP contribution in [-0.4, -0.2) is 58.1 Å². The molecule has 26 heavy (non-hydrogen) atoms. The van der Waals surface area contributed by atoms with Crippen molar-refractivity contribution >= 4 is 5.91 Å². The maximum absolute atomic E-state index is 12.8. The molecular formula is C20H28N4O2. The van der Waals surface area contributed by atoms with E-state index >= 15 is 0 Å². The second-order valence-electron chi connectivity index (χ2n) is 6.92. The highest BCUT2D eigenvalue weighted by Crippen LogP contribution is 2.17. The second-order valence-corrected chi connectivity index (χ2v) is 6.92. The number of aromatic nitrogens is 2. The van der Waals surface area contributed by atoms with Gasteiger partial charge >= 0.3 is 0 Å². The first-order chi connectivity index (χ1) is 12.6. The van der Waals surface area contributed by atoms with E-state index in [0.717, 1.165) is 25.5 Å². The predicted octanol–water partition coefficient (Wildman–Crippen LogP) is 2.07. The lowest BCUT2D eigenvalue weighted by Gasteiger charge is -2.39. The Balaban J connectivity index is 1.62. The van der Waals surface area contributed by atoms with E-state index in [0.29, 0.717) is 19.7 Å². The molecule has 0 radical (unpaired) electrons. The minimum atomic E-state index is -0.138. The molecule has 0 unspecified atom stereocenters. The number of carbonyl (C=O) groups excluding carboxylic acids is 1. The zero-order valence-electron chi connectivity index (χ0n) is 15.9. The molecule has 1 aromatic heterocycles. The van der Waals surface area contributed by atoms with Gasteiger partial charge in [0.1, 0.15) is 5.82 Å². The smallest absolute Gasteiger partial charge is 0.239 e. The number of ether oxygens (including phenoxy) is 1. The van der Waals surface area contributed by atoms with Gasteiger partial charge in [0, 0.05) is 45.7 Å². The second kappa shape index (κ2) is 8.47. The molecular weight excluding hydrogens is 328 g/mol. The lowest BCUT2D eigenvalue weighted by Crippen LogP contribution is -2.55. The number of imidazole rings is 1. The number of amides is 1. The van der Waals surface area contributed by atoms with Crippen molar-refractivity contribution in [3.05, 3.63) is 53.6 Å². The molecule has 1 amide bonds. The van der Waals surface area contributed by atoms with E-state index in [9.17, 15) is 4.79 Å². The molecule has 1 aromatic carbocycles. The van der Waals surface area contributed by atoms with Gasteiger partial charge in [-0.3, -0.25) is 9.69 Å². The van der Waals surface area contributed by atoms with Gasteiger partial charge in [-0.2, -0.15) is 0 Å². The molecule has 1 aliphatic rings. The number of rotatable bonds is 7. The van der Waals surface area contributed by atoms with E-state index in [4.69, 9.17) is 4.74 Å². The van der Waals surface area contributed by atoms with Gasteiger partial charge in [-0.15, -0.1) is 0 Å². The summed E-state index contributed by atoms with van der Waals surface area (Å²) in [5.41, 5.74) is 2.42. The molecule has 6 heteroatoms. The van der Waals surface area contributed by atoms with E-state index in [-0.39, 0.29) is 11.9 Å². The van der Waals surface area contributed by atoms with Crippen LogP contribution in [0.4, 0.5) is 0 Å². The molecule has 2 heterocycles. The molecule has 0 saturated carbocycles. The van der Waals surface area contributed by atoms with E-state index < -0.39 is 0 Å². The Hall–Kier alpha value is -2.18. The number of benzene rings is 1. The number of carbonyl (C=O) groups is 1. The fourth-order valence-corrected chi connectivity index (χ4v) is 3.44. The van der Waals surface area contributed by atoms with Crippen molar-refractivity contribution in [1.29, 1.82) is 0 Å². The summed E-state index contributed by atoms with van der Waals surface area (Å²) in [6, 6.07) is 8.23. The Morgan fingerprint density at radius 2 is 2.12 bits per heavy atom. The SMILES string of the molecule is COCCn1ccnc1CN1CCN(Cc2cccc(C)c2)C(=O)[C@H]1C. The normalized spacial score (nSPS) is 18.5. The van der Waals surface area contributed by atoms with Crippen molar-refractivity contribution in [3.8, 4) is 0 Å². The van der Waals surface area contributed by atoms with E-state index in [1.165, 1.54) is 11.1 Å². The maximum atomic E-state index is 12.8. The highest BCUT2D eigenvalue weighted by molar-refractivity contribution is 5.82. The highest BCUT2D eigenvalue weighted by atomic mass is 16.5. The van der Waals surface area contributed by atoms with Gasteiger partial charge in [0.15, 0.2) is 0 Å². The largest absolute Gasteiger partial charge is 0.383 e. The van der Waals surface area contributed by atoms with Crippen molar-refractivity contribution in [2.45, 2.75) is 39.5 Å². The molecule has 1 saturated heterocycles. The van der Waals surface area contributed by atoms with Crippen molar-refractivity contribution in [2.24, 2.45) is 0 Å². The van der Waals surface area contributed by atoms with Gasteiger partial charge < -0.3 is 14.2 Å². The highest BCUT2D eigenvalue weighted by Gasteiger charge is 2.31. The number of nitrogens with zero attached hydrogens (tertiary/aromatic N) is 4. The topological polar surface area (TPSA) is 50.6 Å². The zero-order valence-corrected chi connectivity index (χ0v) is 15.9. The molecule has 0 bridgehead atoms. The van der Waals surface area contributed by atoms with E-state index in [2.05, 4.69) is 45.6 Å². The first kappa shape index (κ1) is 18.6. The standard InChI is InChI=1S/C20H28N4O2/c1-16-5-4-6-18(13-16)14-24-10-9-23(17(2)20(24)25)15-19-21-7-8-22(19)11-12-26-3/h4-8,13,17H,9-12,14-15H2,1-3H3/t17-/m1/s1. The zero-order chi connectivity index (χ0) is 18.5. The summed E-state index contributed by atoms with van der Waals surface area (Å²) in [6.45, 7) is 8.48. The lowest BCUT2D eigenvalue weighted by molar-refractivity contribution is -0.142. The van der Waals surface area contributed by atoms with Crippen molar-refractivity contribution in [1.82, 2.24) is 19.4 Å². The number of piperazine rings is 1. The summed E-state index contributed by atoms with van der Waals surface area (Å²) in [5, 5.41) is 0. The number of hydrogen-bond donors (Lipinski definition) is 0. The third kappa shape index (κ3) is 4.31. The van der Waals surface area contributed by atoms with Crippen LogP contribution < -0.4 is 0 Å². The van der Waals surface area contributed by atoms with Crippen LogP contribution in [0.15, 0.2) is 36.7 Å². The summed E-state index contributed by atoms with van der Waals surface area (Å²) in [5.74, 6) is 1.17. The third-order valence-electron chi connectivity index (χ3n) is 5.01. The van der Waals surface area contributed by atoms with Crippen LogP contribution in [-0.2, 0) is 29.2 Å². The van der Waals surface area contributed by atoms with Crippen LogP contribution in [0.5, 0.6) is 0 Å². The summed E-state index contributed by atoms with van der Waals surface area (Å²) in [7, 11) is 1.70. The van der Waals surface area contributed by atoms with Crippen molar-refractivity contribution in [2.75, 3.05) is 26.8 Å². The Morgan fingerprint density at radius 1 is 1.27 bits per heavy atom. The van der Waals surface area contributed by atoms with Gasteiger partial charge in [0.2, 0.25) is 5.91 Å². The van der Waals surface area contributed by atoms with Crippen LogP contribution in [0, 0.1) is 6.92 Å². The quantitative estimate of drug-likeness (QED) is 0.762. The summed E-state index contributed by atoms with van der Waals surface area (Å²) in [4.78, 5) is 21.5. The average Bonchev–Trinajstić information content (AvgIpc) is 3.07. The Morgan fingerprint density at radius 3 is 2.88 bits per heavy atom. The molecule has 0 spiro atoms. The van der Waals surface area contributed by atoms with E-state index in [1.54, 1.807) is 7.11 Å². The molecule has 1 aliphatic heterocycles. The molecule has 1 fully saturated rings. The molecule has 1 atom stereocenters. The number of methoxy groups -OCH3 is 1. The maximum Gasteiger partial charge on any atom is 0.239 e. The summed E-state index contributed by atoms with van der Waals surface area (Å²) in [6.07, 6.45) is 3.78. The van der Waals surface area contributed by atoms with Crippen molar-refractivity contribution in [3.63, 3.8) is 0 Å². The fraction of sp³-hybridized carbons (Fsp3) is 0.500. The van der Waals surface area contributed by atoms with Gasteiger partial charge in [-0.25, -0.2) is 4.98 Å². The van der Waals surface area contributed by atoms with Crippen LogP contribution in [0.2, 0.25) is 0 Å². The van der Waals surface area contributed by atoms with Gasteiger partial charge in [0.05, 0.1) is 19.2 Å². The van der Waals surface area contributed by atoms with Gasteiger partial charge in [0.25, 0.3) is 0 Å². The van der Waals surface area contributed by atoms with Crippen molar-refractivity contribution < 1.29 is 9.53 Å². The fourth-order valence-electron chi connectivity index (χ4n) is 3.44. The Bertz CT molecular complexity index is 743. The van der Waals surface area contributed by atoms with Gasteiger partial charge in [-0.05, 0) is 19.4 Å². The predicted molar refractivity (Wildman–Crippen MR) is 101 cm³/mol. The molecule has 140 valence electrons. The molecule has 0 aliphatic carbocycles. The molecule has 3 rings (SSSR count). The summed E-state index contributed by atoms with van der Waals surface area (Å²) >= 11 is 0. The van der Waals surface area contributed by atoms with E-state index in [1.807, 2.05) is 24.2 Å². The Labute approximate surface area is 155 Å². The minimum absolute atomic E-state index is 0.138. The average molecular weight is 356 g/mol. The van der Waals surface area contributed by atoms with Gasteiger partial charge in [-0.1, -0.05) is 29.8 Å². The first-order valence-electron chi connectivity index (χ1n) is 9.16. The molecule has 6 nitrogen and oxygen atoms in total. The Kier molecular flexibility index (Phi) is 6.06. The monoisotopic (exact) mass is 356 g/mol. The number of aryl methyl sites for hydroxylation is 1. The number of hydrogen-bond acceptors (Lipinski definition) is 4. The minimum Gasteiger partial charge on any atom is -0.383 e. The lowest BCUT2D eigenvalue weighted by atomic mass is 10.1. The van der Waals surface area contributed by atoms with Crippen LogP contribution in [0.1, 0.15) is 23.9 Å². The third-order valence-corrected chi connectivity index (χ3v) is 5.01. The summed E-state index contributed by atoms with van der Waals surface area (Å²) < 4.78 is 7.25. The first-order valence-corrected chi connectivity index (χ1v) is 9.16. The van der Waals surface area contributed by atoms with Crippen LogP contribution >= 0.6 is 0 Å². The molecule has 0 N–H and O–H groups in total. The molecule has 2 aromatic rings.